The first kappa shape index (κ1) is 15.6. The molecule has 1 rings (SSSR count). The van der Waals surface area contributed by atoms with Crippen molar-refractivity contribution in [3.05, 3.63) is 17.0 Å². The first-order valence-corrected chi connectivity index (χ1v) is 6.95. The maximum atomic E-state index is 11.7. The molecule has 1 heterocycles. The summed E-state index contributed by atoms with van der Waals surface area (Å²) in [4.78, 5) is 12.5. The average Bonchev–Trinajstić information content (AvgIpc) is 2.66. The molecule has 0 aliphatic heterocycles. The molecule has 1 atom stereocenters. The van der Waals surface area contributed by atoms with E-state index in [4.69, 9.17) is 0 Å². The standard InChI is InChI=1S/C10H16N2OS2.ClH/c1-7(6-14-3)12-10(13)8-4-5-9(11-2)15-8;/h4-5,7,11H,6H2,1-3H3,(H,12,13);1H. The fraction of sp³-hybridized carbons (Fsp3) is 0.500. The van der Waals surface area contributed by atoms with Crippen molar-refractivity contribution in [3.8, 4) is 0 Å². The second-order valence-corrected chi connectivity index (χ2v) is 5.24. The molecule has 1 aromatic heterocycles. The molecule has 1 unspecified atom stereocenters. The number of amides is 1. The van der Waals surface area contributed by atoms with Crippen molar-refractivity contribution in [3.63, 3.8) is 0 Å². The molecule has 0 spiro atoms. The van der Waals surface area contributed by atoms with Gasteiger partial charge in [-0.25, -0.2) is 0 Å². The van der Waals surface area contributed by atoms with E-state index in [-0.39, 0.29) is 24.4 Å². The Hall–Kier alpha value is -0.390. The molecule has 92 valence electrons. The number of thiophene rings is 1. The zero-order chi connectivity index (χ0) is 11.3. The third-order valence-corrected chi connectivity index (χ3v) is 3.81. The van der Waals surface area contributed by atoms with Gasteiger partial charge < -0.3 is 10.6 Å². The lowest BCUT2D eigenvalue weighted by atomic mass is 10.3. The number of carbonyl (C=O) groups is 1. The molecule has 0 bridgehead atoms. The zero-order valence-electron chi connectivity index (χ0n) is 9.57. The van der Waals surface area contributed by atoms with E-state index in [0.717, 1.165) is 15.6 Å². The Morgan fingerprint density at radius 1 is 1.56 bits per heavy atom. The van der Waals surface area contributed by atoms with Crippen LogP contribution in [-0.4, -0.2) is 31.0 Å². The van der Waals surface area contributed by atoms with Crippen molar-refractivity contribution in [2.75, 3.05) is 24.4 Å². The Kier molecular flexibility index (Phi) is 7.62. The van der Waals surface area contributed by atoms with Crippen LogP contribution in [0.3, 0.4) is 0 Å². The van der Waals surface area contributed by atoms with Crippen LogP contribution in [0.2, 0.25) is 0 Å². The molecule has 1 amide bonds. The minimum atomic E-state index is 0. The molecule has 0 fully saturated rings. The smallest absolute Gasteiger partial charge is 0.261 e. The number of hydrogen-bond donors (Lipinski definition) is 2. The third-order valence-electron chi connectivity index (χ3n) is 1.87. The van der Waals surface area contributed by atoms with Crippen molar-refractivity contribution >= 4 is 46.4 Å². The average molecular weight is 281 g/mol. The summed E-state index contributed by atoms with van der Waals surface area (Å²) in [6.45, 7) is 2.01. The summed E-state index contributed by atoms with van der Waals surface area (Å²) in [7, 11) is 1.85. The second kappa shape index (κ2) is 7.81. The quantitative estimate of drug-likeness (QED) is 0.871. The summed E-state index contributed by atoms with van der Waals surface area (Å²) in [5, 5.41) is 6.98. The number of anilines is 1. The SMILES string of the molecule is CNc1ccc(C(=O)NC(C)CSC)s1.Cl. The van der Waals surface area contributed by atoms with E-state index in [9.17, 15) is 4.79 Å². The van der Waals surface area contributed by atoms with Crippen LogP contribution < -0.4 is 10.6 Å². The molecular weight excluding hydrogens is 264 g/mol. The zero-order valence-corrected chi connectivity index (χ0v) is 12.0. The van der Waals surface area contributed by atoms with E-state index >= 15 is 0 Å². The molecule has 0 aromatic carbocycles. The van der Waals surface area contributed by atoms with Crippen LogP contribution in [0.5, 0.6) is 0 Å². The van der Waals surface area contributed by atoms with E-state index in [1.807, 2.05) is 32.4 Å². The van der Waals surface area contributed by atoms with Gasteiger partial charge in [-0.15, -0.1) is 23.7 Å². The van der Waals surface area contributed by atoms with Crippen molar-refractivity contribution in [2.24, 2.45) is 0 Å². The first-order valence-electron chi connectivity index (χ1n) is 4.74. The molecule has 2 N–H and O–H groups in total. The summed E-state index contributed by atoms with van der Waals surface area (Å²) in [5.74, 6) is 0.957. The Morgan fingerprint density at radius 3 is 2.75 bits per heavy atom. The highest BCUT2D eigenvalue weighted by molar-refractivity contribution is 7.98. The summed E-state index contributed by atoms with van der Waals surface area (Å²) in [6, 6.07) is 3.98. The number of hydrogen-bond acceptors (Lipinski definition) is 4. The maximum Gasteiger partial charge on any atom is 0.261 e. The number of carbonyl (C=O) groups excluding carboxylic acids is 1. The van der Waals surface area contributed by atoms with Crippen molar-refractivity contribution in [1.29, 1.82) is 0 Å². The largest absolute Gasteiger partial charge is 0.380 e. The van der Waals surface area contributed by atoms with E-state index in [0.29, 0.717) is 0 Å². The highest BCUT2D eigenvalue weighted by Gasteiger charge is 2.11. The molecular formula is C10H17ClN2OS2. The van der Waals surface area contributed by atoms with Gasteiger partial charge in [-0.1, -0.05) is 0 Å². The Labute approximate surface area is 111 Å². The van der Waals surface area contributed by atoms with Crippen LogP contribution in [-0.2, 0) is 0 Å². The molecule has 3 nitrogen and oxygen atoms in total. The van der Waals surface area contributed by atoms with Gasteiger partial charge in [-0.05, 0) is 25.3 Å². The summed E-state index contributed by atoms with van der Waals surface area (Å²) >= 11 is 3.20. The van der Waals surface area contributed by atoms with Crippen LogP contribution in [0.1, 0.15) is 16.6 Å². The molecule has 0 aliphatic carbocycles. The van der Waals surface area contributed by atoms with E-state index < -0.39 is 0 Å². The van der Waals surface area contributed by atoms with Gasteiger partial charge in [0.05, 0.1) is 9.88 Å². The van der Waals surface area contributed by atoms with Crippen LogP contribution in [0.15, 0.2) is 12.1 Å². The van der Waals surface area contributed by atoms with E-state index in [2.05, 4.69) is 10.6 Å². The summed E-state index contributed by atoms with van der Waals surface area (Å²) < 4.78 is 0. The van der Waals surface area contributed by atoms with Crippen molar-refractivity contribution in [1.82, 2.24) is 5.32 Å². The Bertz CT molecular complexity index is 330. The predicted molar refractivity (Wildman–Crippen MR) is 76.4 cm³/mol. The topological polar surface area (TPSA) is 41.1 Å². The number of halogens is 1. The van der Waals surface area contributed by atoms with Gasteiger partial charge in [0, 0.05) is 18.8 Å². The van der Waals surface area contributed by atoms with Gasteiger partial charge >= 0.3 is 0 Å². The van der Waals surface area contributed by atoms with Crippen molar-refractivity contribution in [2.45, 2.75) is 13.0 Å². The Morgan fingerprint density at radius 2 is 2.25 bits per heavy atom. The highest BCUT2D eigenvalue weighted by Crippen LogP contribution is 2.20. The van der Waals surface area contributed by atoms with Gasteiger partial charge in [0.1, 0.15) is 0 Å². The van der Waals surface area contributed by atoms with Crippen molar-refractivity contribution < 1.29 is 4.79 Å². The van der Waals surface area contributed by atoms with Crippen LogP contribution >= 0.6 is 35.5 Å². The van der Waals surface area contributed by atoms with Gasteiger partial charge in [0.15, 0.2) is 0 Å². The monoisotopic (exact) mass is 280 g/mol. The highest BCUT2D eigenvalue weighted by atomic mass is 35.5. The molecule has 6 heteroatoms. The number of rotatable bonds is 5. The molecule has 0 saturated heterocycles. The number of thioether (sulfide) groups is 1. The lowest BCUT2D eigenvalue weighted by molar-refractivity contribution is 0.0948. The predicted octanol–water partition coefficient (Wildman–Crippen LogP) is 2.69. The molecule has 0 aliphatic rings. The van der Waals surface area contributed by atoms with Gasteiger partial charge in [0.25, 0.3) is 5.91 Å². The maximum absolute atomic E-state index is 11.7. The lowest BCUT2D eigenvalue weighted by Crippen LogP contribution is -2.33. The Balaban J connectivity index is 0.00000225. The minimum absolute atomic E-state index is 0. The molecule has 0 radical (unpaired) electrons. The first-order chi connectivity index (χ1) is 7.17. The van der Waals surface area contributed by atoms with E-state index in [1.165, 1.54) is 11.3 Å². The van der Waals surface area contributed by atoms with Gasteiger partial charge in [-0.3, -0.25) is 4.79 Å². The summed E-state index contributed by atoms with van der Waals surface area (Å²) in [6.07, 6.45) is 2.03. The fourth-order valence-corrected chi connectivity index (χ4v) is 2.53. The second-order valence-electron chi connectivity index (χ2n) is 3.24. The fourth-order valence-electron chi connectivity index (χ4n) is 1.18. The molecule has 0 saturated carbocycles. The summed E-state index contributed by atoms with van der Waals surface area (Å²) in [5.41, 5.74) is 0. The molecule has 1 aromatic rings. The normalized spacial score (nSPS) is 11.4. The number of nitrogens with one attached hydrogen (secondary N) is 2. The minimum Gasteiger partial charge on any atom is -0.380 e. The van der Waals surface area contributed by atoms with Crippen LogP contribution in [0.4, 0.5) is 5.00 Å². The van der Waals surface area contributed by atoms with Gasteiger partial charge in [-0.2, -0.15) is 11.8 Å². The lowest BCUT2D eigenvalue weighted by Gasteiger charge is -2.10. The van der Waals surface area contributed by atoms with Gasteiger partial charge in [0.2, 0.25) is 0 Å². The van der Waals surface area contributed by atoms with E-state index in [1.54, 1.807) is 11.8 Å². The van der Waals surface area contributed by atoms with Crippen LogP contribution in [0.25, 0.3) is 0 Å². The van der Waals surface area contributed by atoms with Crippen LogP contribution in [0, 0.1) is 0 Å². The third kappa shape index (κ3) is 4.63. The molecule has 16 heavy (non-hydrogen) atoms.